The third-order valence-corrected chi connectivity index (χ3v) is 6.64. The quantitative estimate of drug-likeness (QED) is 0.146. The number of hydrogen-bond acceptors (Lipinski definition) is 10. The Morgan fingerprint density at radius 3 is 2.22 bits per heavy atom. The number of carboxylic acids is 3. The molecule has 220 valence electrons. The molecule has 0 fully saturated rings. The van der Waals surface area contributed by atoms with Gasteiger partial charge in [-0.15, -0.1) is 0 Å². The summed E-state index contributed by atoms with van der Waals surface area (Å²) in [6.07, 6.45) is 0.736. The van der Waals surface area contributed by atoms with Crippen LogP contribution in [0.2, 0.25) is 0 Å². The Kier molecular flexibility index (Phi) is 10.4. The molecular weight excluding hydrogens is 540 g/mol. The van der Waals surface area contributed by atoms with Gasteiger partial charge in [0.1, 0.15) is 17.9 Å². The fourth-order valence-electron chi connectivity index (χ4n) is 4.49. The molecule has 1 aromatic heterocycles. The van der Waals surface area contributed by atoms with Gasteiger partial charge in [-0.1, -0.05) is 12.1 Å². The Balaban J connectivity index is 1.47. The lowest BCUT2D eigenvalue weighted by atomic mass is 9.95. The molecule has 0 saturated carbocycles. The predicted octanol–water partition coefficient (Wildman–Crippen LogP) is 0.694. The number of amides is 2. The summed E-state index contributed by atoms with van der Waals surface area (Å²) in [7, 11) is 0. The number of nitrogens with one attached hydrogen (secondary N) is 3. The first-order valence-electron chi connectivity index (χ1n) is 12.9. The molecule has 0 aliphatic carbocycles. The Hall–Kier alpha value is -4.95. The predicted molar refractivity (Wildman–Crippen MR) is 143 cm³/mol. The Labute approximate surface area is 234 Å². The number of carbonyl (C=O) groups is 5. The fourth-order valence-corrected chi connectivity index (χ4v) is 4.49. The lowest BCUT2D eigenvalue weighted by Crippen LogP contribution is -2.44. The maximum atomic E-state index is 12.6. The zero-order valence-corrected chi connectivity index (χ0v) is 22.0. The Bertz CT molecular complexity index is 1300. The van der Waals surface area contributed by atoms with Crippen LogP contribution in [0.1, 0.15) is 65.9 Å². The van der Waals surface area contributed by atoms with E-state index >= 15 is 0 Å². The number of aliphatic carboxylic acids is 3. The smallest absolute Gasteiger partial charge is 0.326 e. The van der Waals surface area contributed by atoms with Crippen molar-refractivity contribution >= 4 is 41.5 Å². The molecule has 1 aliphatic heterocycles. The van der Waals surface area contributed by atoms with Crippen LogP contribution in [0.3, 0.4) is 0 Å². The van der Waals surface area contributed by atoms with E-state index in [4.69, 9.17) is 15.9 Å². The van der Waals surface area contributed by atoms with E-state index in [1.54, 1.807) is 24.3 Å². The van der Waals surface area contributed by atoms with Crippen molar-refractivity contribution in [3.05, 3.63) is 41.0 Å². The third-order valence-electron chi connectivity index (χ3n) is 6.64. The number of aromatic nitrogens is 2. The first kappa shape index (κ1) is 30.6. The van der Waals surface area contributed by atoms with Gasteiger partial charge in [0.05, 0.1) is 5.56 Å². The van der Waals surface area contributed by atoms with Gasteiger partial charge in [0.25, 0.3) is 5.91 Å². The van der Waals surface area contributed by atoms with Crippen LogP contribution in [0.25, 0.3) is 0 Å². The van der Waals surface area contributed by atoms with Crippen molar-refractivity contribution in [2.75, 3.05) is 17.6 Å². The van der Waals surface area contributed by atoms with Crippen LogP contribution in [0.4, 0.5) is 11.8 Å². The van der Waals surface area contributed by atoms with Crippen molar-refractivity contribution in [1.29, 1.82) is 0 Å². The van der Waals surface area contributed by atoms with Crippen molar-refractivity contribution in [1.82, 2.24) is 20.6 Å². The van der Waals surface area contributed by atoms with E-state index < -0.39 is 54.6 Å². The van der Waals surface area contributed by atoms with E-state index in [2.05, 4.69) is 25.9 Å². The summed E-state index contributed by atoms with van der Waals surface area (Å²) >= 11 is 0. The van der Waals surface area contributed by atoms with E-state index in [-0.39, 0.29) is 36.2 Å². The largest absolute Gasteiger partial charge is 0.493 e. The molecule has 9 N–H and O–H groups in total. The van der Waals surface area contributed by atoms with Crippen LogP contribution >= 0.6 is 0 Å². The summed E-state index contributed by atoms with van der Waals surface area (Å²) in [5.41, 5.74) is 7.39. The normalized spacial score (nSPS) is 15.2. The van der Waals surface area contributed by atoms with E-state index in [0.717, 1.165) is 18.4 Å². The maximum absolute atomic E-state index is 12.6. The fraction of sp³-hybridized carbons (Fsp3) is 0.423. The van der Waals surface area contributed by atoms with Crippen LogP contribution in [-0.2, 0) is 25.6 Å². The molecule has 0 bridgehead atoms. The minimum atomic E-state index is -1.43. The summed E-state index contributed by atoms with van der Waals surface area (Å²) in [5, 5.41) is 45.1. The van der Waals surface area contributed by atoms with E-state index in [9.17, 15) is 34.2 Å². The lowest BCUT2D eigenvalue weighted by molar-refractivity contribution is -0.143. The second kappa shape index (κ2) is 13.9. The number of nitrogen functional groups attached to an aromatic ring is 1. The minimum absolute atomic E-state index is 0.00227. The number of aryl methyl sites for hydroxylation is 1. The molecule has 2 amide bonds. The number of carbonyl (C=O) groups excluding carboxylic acids is 2. The van der Waals surface area contributed by atoms with Crippen LogP contribution < -0.4 is 21.7 Å². The zero-order chi connectivity index (χ0) is 30.1. The first-order chi connectivity index (χ1) is 19.4. The summed E-state index contributed by atoms with van der Waals surface area (Å²) in [5.74, 6) is -4.99. The number of aromatic hydroxyl groups is 1. The molecule has 15 nitrogen and oxygen atoms in total. The maximum Gasteiger partial charge on any atom is 0.326 e. The summed E-state index contributed by atoms with van der Waals surface area (Å²) in [6.45, 7) is 0.609. The lowest BCUT2D eigenvalue weighted by Gasteiger charge is -2.16. The topological polar surface area (TPSA) is 254 Å². The Morgan fingerprint density at radius 2 is 1.59 bits per heavy atom. The minimum Gasteiger partial charge on any atom is -0.493 e. The van der Waals surface area contributed by atoms with Gasteiger partial charge in [-0.05, 0) is 49.8 Å². The van der Waals surface area contributed by atoms with E-state index in [0.29, 0.717) is 24.3 Å². The summed E-state index contributed by atoms with van der Waals surface area (Å²) in [4.78, 5) is 66.2. The van der Waals surface area contributed by atoms with E-state index in [1.807, 2.05) is 0 Å². The van der Waals surface area contributed by atoms with Crippen LogP contribution in [0.5, 0.6) is 5.88 Å². The second-order valence-electron chi connectivity index (χ2n) is 9.63. The van der Waals surface area contributed by atoms with E-state index in [1.165, 1.54) is 0 Å². The van der Waals surface area contributed by atoms with Gasteiger partial charge in [-0.2, -0.15) is 9.97 Å². The highest BCUT2D eigenvalue weighted by molar-refractivity contribution is 5.96. The van der Waals surface area contributed by atoms with Gasteiger partial charge in [-0.25, -0.2) is 9.59 Å². The molecule has 0 spiro atoms. The van der Waals surface area contributed by atoms with Crippen molar-refractivity contribution in [2.45, 2.75) is 62.9 Å². The molecule has 3 atom stereocenters. The van der Waals surface area contributed by atoms with Crippen LogP contribution in [0.15, 0.2) is 24.3 Å². The average Bonchev–Trinajstić information content (AvgIpc) is 3.31. The number of carboxylic acid groups (broad SMARTS) is 3. The third kappa shape index (κ3) is 8.78. The zero-order valence-electron chi connectivity index (χ0n) is 22.0. The average molecular weight is 573 g/mol. The number of nitrogens with zero attached hydrogens (tertiary/aromatic N) is 2. The van der Waals surface area contributed by atoms with Crippen LogP contribution in [0, 0.1) is 0 Å². The molecule has 41 heavy (non-hydrogen) atoms. The Morgan fingerprint density at radius 1 is 0.951 bits per heavy atom. The van der Waals surface area contributed by atoms with Crippen molar-refractivity contribution in [3.63, 3.8) is 0 Å². The molecule has 1 aromatic carbocycles. The van der Waals surface area contributed by atoms with Crippen molar-refractivity contribution in [3.8, 4) is 5.88 Å². The number of rotatable bonds is 15. The molecular formula is C26H32N6O9. The van der Waals surface area contributed by atoms with Crippen molar-refractivity contribution in [2.24, 2.45) is 0 Å². The van der Waals surface area contributed by atoms with Gasteiger partial charge >= 0.3 is 17.9 Å². The SMILES string of the molecule is Nc1nc(O)c2c(n1)NCC2CCCc1ccc(C(=O)N[C@@H](CCC(=O)N[C@@H](CCC(=O)O)C(=O)O)C(=O)O)cc1. The molecule has 2 heterocycles. The number of hydrogen-bond donors (Lipinski definition) is 8. The standard InChI is InChI=1S/C26H32N6O9/c27-26-31-21-20(23(37)32-26)15(12-28-21)3-1-2-13-4-6-14(7-5-13)22(36)30-17(25(40)41)8-10-18(33)29-16(24(38)39)9-11-19(34)35/h4-7,15-17H,1-3,8-12H2,(H,29,33)(H,30,36)(H,34,35)(H,38,39)(H,40,41)(H4,27,28,31,32,37)/t15?,16-,17-/m0/s1. The highest BCUT2D eigenvalue weighted by Crippen LogP contribution is 2.38. The molecule has 2 aromatic rings. The highest BCUT2D eigenvalue weighted by Gasteiger charge is 2.28. The molecule has 3 rings (SSSR count). The van der Waals surface area contributed by atoms with Gasteiger partial charge in [0.15, 0.2) is 0 Å². The monoisotopic (exact) mass is 572 g/mol. The molecule has 0 radical (unpaired) electrons. The van der Waals surface area contributed by atoms with Crippen molar-refractivity contribution < 1.29 is 44.4 Å². The second-order valence-corrected chi connectivity index (χ2v) is 9.63. The van der Waals surface area contributed by atoms with Gasteiger partial charge in [0.2, 0.25) is 17.7 Å². The molecule has 15 heteroatoms. The van der Waals surface area contributed by atoms with Gasteiger partial charge in [-0.3, -0.25) is 14.4 Å². The van der Waals surface area contributed by atoms with Gasteiger partial charge < -0.3 is 42.1 Å². The molecule has 0 saturated heterocycles. The molecule has 1 aliphatic rings. The van der Waals surface area contributed by atoms with Crippen LogP contribution in [-0.4, -0.2) is 78.7 Å². The number of benzene rings is 1. The number of fused-ring (bicyclic) bond motifs is 1. The molecule has 1 unspecified atom stereocenters. The summed E-state index contributed by atoms with van der Waals surface area (Å²) in [6, 6.07) is 3.79. The highest BCUT2D eigenvalue weighted by atomic mass is 16.4. The number of anilines is 2. The first-order valence-corrected chi connectivity index (χ1v) is 12.9. The van der Waals surface area contributed by atoms with Gasteiger partial charge in [0, 0.05) is 30.9 Å². The number of nitrogens with two attached hydrogens (primary N) is 1. The summed E-state index contributed by atoms with van der Waals surface area (Å²) < 4.78 is 0.